The number of hydrogen-bond donors (Lipinski definition) is 1. The molecule has 0 saturated heterocycles. The molecule has 1 unspecified atom stereocenters. The maximum Gasteiger partial charge on any atom is 0.0325 e. The van der Waals surface area contributed by atoms with Crippen molar-refractivity contribution in [2.75, 3.05) is 0 Å². The van der Waals surface area contributed by atoms with Crippen molar-refractivity contribution < 1.29 is 0 Å². The number of rotatable bonds is 3. The van der Waals surface area contributed by atoms with Crippen molar-refractivity contribution >= 4 is 0 Å². The summed E-state index contributed by atoms with van der Waals surface area (Å²) in [5.41, 5.74) is 3.16. The van der Waals surface area contributed by atoms with Crippen molar-refractivity contribution in [3.05, 3.63) is 35.4 Å². The second-order valence-corrected chi connectivity index (χ2v) is 7.20. The van der Waals surface area contributed by atoms with Crippen LogP contribution >= 0.6 is 0 Å². The minimum atomic E-state index is 0.585. The van der Waals surface area contributed by atoms with E-state index in [0.29, 0.717) is 12.1 Å². The first-order chi connectivity index (χ1) is 10.3. The topological polar surface area (TPSA) is 12.0 Å². The molecule has 1 aromatic rings. The quantitative estimate of drug-likeness (QED) is 0.579. The van der Waals surface area contributed by atoms with E-state index < -0.39 is 0 Å². The fraction of sp³-hybridized carbons (Fsp3) is 0.700. The average molecular weight is 285 g/mol. The first-order valence-electron chi connectivity index (χ1n) is 9.18. The normalized spacial score (nSPS) is 25.7. The Kier molecular flexibility index (Phi) is 5.35. The highest BCUT2D eigenvalue weighted by molar-refractivity contribution is 5.31. The summed E-state index contributed by atoms with van der Waals surface area (Å²) in [6.45, 7) is 2.43. The summed E-state index contributed by atoms with van der Waals surface area (Å²) in [5, 5.41) is 4.01. The van der Waals surface area contributed by atoms with Crippen LogP contribution in [0.4, 0.5) is 0 Å². The lowest BCUT2D eigenvalue weighted by molar-refractivity contribution is 0.302. The minimum absolute atomic E-state index is 0.585. The number of hydrogen-bond acceptors (Lipinski definition) is 1. The Labute approximate surface area is 130 Å². The smallest absolute Gasteiger partial charge is 0.0325 e. The van der Waals surface area contributed by atoms with E-state index in [4.69, 9.17) is 0 Å². The third-order valence-electron chi connectivity index (χ3n) is 5.69. The fourth-order valence-electron chi connectivity index (χ4n) is 4.36. The molecule has 1 saturated carbocycles. The average Bonchev–Trinajstić information content (AvgIpc) is 2.89. The maximum atomic E-state index is 4.01. The standard InChI is InChI=1S/C20H31N/c1-16(17-10-4-2-3-5-11-17)21-20-15-9-7-13-18-12-6-8-14-19(18)20/h6,8,12,14,16-17,20-21H,2-5,7,9-11,13,15H2,1H3/t16-,20?/m1/s1. The zero-order chi connectivity index (χ0) is 14.5. The number of aryl methyl sites for hydroxylation is 1. The van der Waals surface area contributed by atoms with E-state index >= 15 is 0 Å². The van der Waals surface area contributed by atoms with Crippen LogP contribution < -0.4 is 5.32 Å². The van der Waals surface area contributed by atoms with Crippen molar-refractivity contribution in [2.45, 2.75) is 83.2 Å². The predicted molar refractivity (Wildman–Crippen MR) is 90.5 cm³/mol. The molecule has 1 fully saturated rings. The van der Waals surface area contributed by atoms with E-state index in [-0.39, 0.29) is 0 Å². The molecule has 3 rings (SSSR count). The number of fused-ring (bicyclic) bond motifs is 1. The molecule has 0 heterocycles. The Balaban J connectivity index is 1.68. The Bertz CT molecular complexity index is 431. The lowest BCUT2D eigenvalue weighted by Gasteiger charge is -2.29. The van der Waals surface area contributed by atoms with Gasteiger partial charge in [-0.3, -0.25) is 0 Å². The minimum Gasteiger partial charge on any atom is -0.307 e. The van der Waals surface area contributed by atoms with Crippen molar-refractivity contribution in [2.24, 2.45) is 5.92 Å². The van der Waals surface area contributed by atoms with Gasteiger partial charge in [-0.1, -0.05) is 56.4 Å². The molecular weight excluding hydrogens is 254 g/mol. The fourth-order valence-corrected chi connectivity index (χ4v) is 4.36. The van der Waals surface area contributed by atoms with Crippen LogP contribution in [0.15, 0.2) is 24.3 Å². The summed E-state index contributed by atoms with van der Waals surface area (Å²) in [5.74, 6) is 0.892. The van der Waals surface area contributed by atoms with Gasteiger partial charge in [0.1, 0.15) is 0 Å². The molecule has 1 nitrogen and oxygen atoms in total. The summed E-state index contributed by atoms with van der Waals surface area (Å²) >= 11 is 0. The van der Waals surface area contributed by atoms with E-state index in [9.17, 15) is 0 Å². The van der Waals surface area contributed by atoms with Crippen LogP contribution in [0.3, 0.4) is 0 Å². The van der Waals surface area contributed by atoms with Gasteiger partial charge >= 0.3 is 0 Å². The summed E-state index contributed by atoms with van der Waals surface area (Å²) in [6.07, 6.45) is 14.0. The monoisotopic (exact) mass is 285 g/mol. The van der Waals surface area contributed by atoms with Crippen molar-refractivity contribution in [1.29, 1.82) is 0 Å². The highest BCUT2D eigenvalue weighted by Crippen LogP contribution is 2.31. The van der Waals surface area contributed by atoms with Crippen molar-refractivity contribution in [3.63, 3.8) is 0 Å². The Morgan fingerprint density at radius 3 is 2.43 bits per heavy atom. The van der Waals surface area contributed by atoms with Gasteiger partial charge in [-0.25, -0.2) is 0 Å². The summed E-state index contributed by atoms with van der Waals surface area (Å²) in [4.78, 5) is 0. The Hall–Kier alpha value is -0.820. The largest absolute Gasteiger partial charge is 0.307 e. The van der Waals surface area contributed by atoms with Crippen LogP contribution in [-0.2, 0) is 6.42 Å². The van der Waals surface area contributed by atoms with Gasteiger partial charge in [-0.15, -0.1) is 0 Å². The molecule has 2 aliphatic carbocycles. The molecule has 0 aliphatic heterocycles. The maximum absolute atomic E-state index is 4.01. The molecule has 0 radical (unpaired) electrons. The predicted octanol–water partition coefficient (Wildman–Crippen LogP) is 5.40. The molecule has 0 aromatic heterocycles. The zero-order valence-electron chi connectivity index (χ0n) is 13.6. The molecule has 1 aromatic carbocycles. The molecule has 2 atom stereocenters. The number of benzene rings is 1. The van der Waals surface area contributed by atoms with Gasteiger partial charge in [-0.05, 0) is 56.1 Å². The van der Waals surface area contributed by atoms with E-state index in [1.54, 1.807) is 11.1 Å². The zero-order valence-corrected chi connectivity index (χ0v) is 13.6. The van der Waals surface area contributed by atoms with Gasteiger partial charge in [0.15, 0.2) is 0 Å². The second-order valence-electron chi connectivity index (χ2n) is 7.20. The lowest BCUT2D eigenvalue weighted by atomic mass is 9.91. The Morgan fingerprint density at radius 2 is 1.62 bits per heavy atom. The van der Waals surface area contributed by atoms with Crippen LogP contribution in [0.2, 0.25) is 0 Å². The van der Waals surface area contributed by atoms with Gasteiger partial charge < -0.3 is 5.32 Å². The molecule has 1 N–H and O–H groups in total. The van der Waals surface area contributed by atoms with E-state index in [1.807, 2.05) is 0 Å². The third-order valence-corrected chi connectivity index (χ3v) is 5.69. The van der Waals surface area contributed by atoms with E-state index in [2.05, 4.69) is 36.5 Å². The van der Waals surface area contributed by atoms with Gasteiger partial charge in [0.25, 0.3) is 0 Å². The third kappa shape index (κ3) is 3.88. The van der Waals surface area contributed by atoms with Gasteiger partial charge in [0.2, 0.25) is 0 Å². The highest BCUT2D eigenvalue weighted by atomic mass is 15.0. The van der Waals surface area contributed by atoms with E-state index in [1.165, 1.54) is 64.2 Å². The summed E-state index contributed by atoms with van der Waals surface area (Å²) < 4.78 is 0. The van der Waals surface area contributed by atoms with Gasteiger partial charge in [0.05, 0.1) is 0 Å². The van der Waals surface area contributed by atoms with Crippen LogP contribution in [0.1, 0.15) is 81.9 Å². The lowest BCUT2D eigenvalue weighted by Crippen LogP contribution is -2.36. The van der Waals surface area contributed by atoms with Gasteiger partial charge in [-0.2, -0.15) is 0 Å². The Morgan fingerprint density at radius 1 is 0.905 bits per heavy atom. The molecule has 0 amide bonds. The SMILES string of the molecule is C[C@@H](NC1CCCCc2ccccc21)C1CCCCCC1. The first kappa shape index (κ1) is 15.1. The molecular formula is C20H31N. The van der Waals surface area contributed by atoms with Crippen molar-refractivity contribution in [3.8, 4) is 0 Å². The first-order valence-corrected chi connectivity index (χ1v) is 9.18. The van der Waals surface area contributed by atoms with Gasteiger partial charge in [0, 0.05) is 12.1 Å². The van der Waals surface area contributed by atoms with Crippen LogP contribution in [-0.4, -0.2) is 6.04 Å². The second kappa shape index (κ2) is 7.45. The molecule has 0 spiro atoms. The summed E-state index contributed by atoms with van der Waals surface area (Å²) in [6, 6.07) is 10.4. The van der Waals surface area contributed by atoms with Crippen LogP contribution in [0, 0.1) is 5.92 Å². The van der Waals surface area contributed by atoms with Crippen molar-refractivity contribution in [1.82, 2.24) is 5.32 Å². The van der Waals surface area contributed by atoms with E-state index in [0.717, 1.165) is 5.92 Å². The molecule has 1 heteroatoms. The molecule has 21 heavy (non-hydrogen) atoms. The summed E-state index contributed by atoms with van der Waals surface area (Å²) in [7, 11) is 0. The van der Waals surface area contributed by atoms with Crippen LogP contribution in [0.5, 0.6) is 0 Å². The molecule has 0 bridgehead atoms. The molecule has 2 aliphatic rings. The van der Waals surface area contributed by atoms with Crippen LogP contribution in [0.25, 0.3) is 0 Å². The molecule has 116 valence electrons. The highest BCUT2D eigenvalue weighted by Gasteiger charge is 2.24. The number of nitrogens with one attached hydrogen (secondary N) is 1.